The summed E-state index contributed by atoms with van der Waals surface area (Å²) < 4.78 is 26.6. The van der Waals surface area contributed by atoms with Gasteiger partial charge in [0.15, 0.2) is 6.29 Å². The molecule has 13 heteroatoms. The third kappa shape index (κ3) is 16.6. The third-order valence-corrected chi connectivity index (χ3v) is 7.49. The second-order valence-corrected chi connectivity index (χ2v) is 11.6. The number of carbonyl (C=O) groups excluding carboxylic acids is 4. The molecule has 1 saturated heterocycles. The first-order valence-electron chi connectivity index (χ1n) is 16.3. The van der Waals surface area contributed by atoms with Crippen molar-refractivity contribution in [3.8, 4) is 0 Å². The van der Waals surface area contributed by atoms with Crippen LogP contribution in [-0.2, 0) is 42.9 Å². The minimum atomic E-state index is -1.69. The van der Waals surface area contributed by atoms with Gasteiger partial charge < -0.3 is 44.1 Å². The van der Waals surface area contributed by atoms with Gasteiger partial charge in [0.1, 0.15) is 36.8 Å². The van der Waals surface area contributed by atoms with Crippen molar-refractivity contribution < 1.29 is 63.3 Å². The van der Waals surface area contributed by atoms with Gasteiger partial charge >= 0.3 is 17.9 Å². The van der Waals surface area contributed by atoms with Crippen LogP contribution in [0.1, 0.15) is 71.1 Å². The summed E-state index contributed by atoms with van der Waals surface area (Å²) in [5.41, 5.74) is 0. The lowest BCUT2D eigenvalue weighted by Crippen LogP contribution is -2.59. The van der Waals surface area contributed by atoms with Gasteiger partial charge in [-0.25, -0.2) is 4.79 Å². The Bertz CT molecular complexity index is 1160. The molecule has 0 aromatic carbocycles. The molecule has 0 radical (unpaired) electrons. The van der Waals surface area contributed by atoms with Crippen molar-refractivity contribution in [2.75, 3.05) is 13.7 Å². The molecule has 1 fully saturated rings. The summed E-state index contributed by atoms with van der Waals surface area (Å²) in [5.74, 6) is -1.87. The maximum absolute atomic E-state index is 12.2. The highest BCUT2D eigenvalue weighted by Gasteiger charge is 2.45. The van der Waals surface area contributed by atoms with Crippen LogP contribution in [0.15, 0.2) is 60.8 Å². The quantitative estimate of drug-likeness (QED) is 0.174. The van der Waals surface area contributed by atoms with E-state index in [1.165, 1.54) is 19.3 Å². The Morgan fingerprint density at radius 1 is 0.875 bits per heavy atom. The number of aliphatic hydroxyl groups is 4. The Balaban J connectivity index is 2.12. The minimum Gasteiger partial charge on any atom is -0.469 e. The van der Waals surface area contributed by atoms with Crippen molar-refractivity contribution in [2.45, 2.75) is 120 Å². The first-order chi connectivity index (χ1) is 23.0. The van der Waals surface area contributed by atoms with E-state index in [-0.39, 0.29) is 44.0 Å². The number of carbonyl (C=O) groups is 4. The topological polar surface area (TPSA) is 195 Å². The maximum Gasteiger partial charge on any atom is 0.331 e. The van der Waals surface area contributed by atoms with Crippen LogP contribution in [0.4, 0.5) is 0 Å². The van der Waals surface area contributed by atoms with Crippen molar-refractivity contribution in [1.29, 1.82) is 0 Å². The van der Waals surface area contributed by atoms with E-state index >= 15 is 0 Å². The molecule has 8 atom stereocenters. The van der Waals surface area contributed by atoms with Crippen LogP contribution in [0.2, 0.25) is 0 Å². The average molecular weight is 679 g/mol. The molecule has 0 aromatic rings. The van der Waals surface area contributed by atoms with Gasteiger partial charge in [-0.15, -0.1) is 0 Å². The molecule has 268 valence electrons. The Labute approximate surface area is 281 Å². The fourth-order valence-corrected chi connectivity index (χ4v) is 4.75. The number of rotatable bonds is 7. The number of hydrogen-bond donors (Lipinski definition) is 4. The van der Waals surface area contributed by atoms with E-state index < -0.39 is 67.4 Å². The van der Waals surface area contributed by atoms with Crippen LogP contribution >= 0.6 is 0 Å². The smallest absolute Gasteiger partial charge is 0.331 e. The summed E-state index contributed by atoms with van der Waals surface area (Å²) in [6.07, 6.45) is 10.6. The lowest BCUT2D eigenvalue weighted by atomic mass is 9.99. The zero-order valence-electron chi connectivity index (χ0n) is 27.6. The van der Waals surface area contributed by atoms with E-state index in [0.29, 0.717) is 19.3 Å². The van der Waals surface area contributed by atoms with Gasteiger partial charge in [-0.05, 0) is 45.4 Å². The van der Waals surface area contributed by atoms with Crippen LogP contribution in [0.5, 0.6) is 0 Å². The summed E-state index contributed by atoms with van der Waals surface area (Å²) in [7, 11) is 1.19. The predicted molar refractivity (Wildman–Crippen MR) is 173 cm³/mol. The van der Waals surface area contributed by atoms with Crippen molar-refractivity contribution >= 4 is 23.7 Å². The Hall–Kier alpha value is -3.46. The second-order valence-electron chi connectivity index (χ2n) is 11.6. The standard InChI is InChI=1S/C35H50O13/c1-24-14-8-4-3-5-9-15-25(36)22-26(37)16-10-6-11-17-27(18-12-7-13-19-31(40)46-24)47-35-34(43)33(42)32(41)28(48-35)23-45-30(39)21-20-29(38)44-2/h3,5-7,10-13,17,19,24,26-28,32-35,37,41-43H,4,8-9,14-16,18,20-23H2,1-2H3/b5-3+,10-6-,12-7+,17-11+,19-13-/t24-,26+,27-,28-,32-,33+,34-,35-/m1/s1. The fraction of sp³-hybridized carbons (Fsp3) is 0.600. The van der Waals surface area contributed by atoms with Crippen LogP contribution in [0, 0.1) is 0 Å². The number of Topliss-reactive ketones (excluding diaryl/α,β-unsaturated/α-hetero) is 1. The molecule has 0 saturated carbocycles. The molecule has 2 aliphatic rings. The fourth-order valence-electron chi connectivity index (χ4n) is 4.75. The van der Waals surface area contributed by atoms with Crippen LogP contribution in [-0.4, -0.2) is 107 Å². The molecule has 0 amide bonds. The van der Waals surface area contributed by atoms with E-state index in [4.69, 9.17) is 18.9 Å². The van der Waals surface area contributed by atoms with E-state index in [2.05, 4.69) is 4.74 Å². The number of methoxy groups -OCH3 is 1. The molecule has 13 nitrogen and oxygen atoms in total. The molecule has 0 aliphatic carbocycles. The summed E-state index contributed by atoms with van der Waals surface area (Å²) >= 11 is 0. The minimum absolute atomic E-state index is 0.0352. The molecule has 2 aliphatic heterocycles. The van der Waals surface area contributed by atoms with Gasteiger partial charge in [0.2, 0.25) is 0 Å². The highest BCUT2D eigenvalue weighted by atomic mass is 16.7. The number of hydrogen-bond acceptors (Lipinski definition) is 13. The molecule has 0 bridgehead atoms. The van der Waals surface area contributed by atoms with Crippen LogP contribution in [0.3, 0.4) is 0 Å². The highest BCUT2D eigenvalue weighted by Crippen LogP contribution is 2.25. The molecule has 48 heavy (non-hydrogen) atoms. The van der Waals surface area contributed by atoms with Crippen LogP contribution < -0.4 is 0 Å². The third-order valence-electron chi connectivity index (χ3n) is 7.49. The number of ether oxygens (including phenoxy) is 5. The molecule has 0 aromatic heterocycles. The van der Waals surface area contributed by atoms with Gasteiger partial charge in [0, 0.05) is 18.9 Å². The second kappa shape index (κ2) is 23.0. The Morgan fingerprint density at radius 2 is 1.58 bits per heavy atom. The van der Waals surface area contributed by atoms with Gasteiger partial charge in [0.25, 0.3) is 0 Å². The highest BCUT2D eigenvalue weighted by molar-refractivity contribution is 5.82. The summed E-state index contributed by atoms with van der Waals surface area (Å²) in [4.78, 5) is 47.7. The number of cyclic esters (lactones) is 1. The van der Waals surface area contributed by atoms with Crippen molar-refractivity contribution in [3.05, 3.63) is 60.8 Å². The molecular formula is C35H50O13. The van der Waals surface area contributed by atoms with E-state index in [0.717, 1.165) is 12.8 Å². The lowest BCUT2D eigenvalue weighted by Gasteiger charge is -2.40. The normalized spacial score (nSPS) is 33.6. The average Bonchev–Trinajstić information content (AvgIpc) is 3.05. The number of allylic oxidation sites excluding steroid dienone is 6. The molecule has 2 rings (SSSR count). The van der Waals surface area contributed by atoms with Gasteiger partial charge in [-0.1, -0.05) is 54.7 Å². The first kappa shape index (κ1) is 40.7. The zero-order valence-corrected chi connectivity index (χ0v) is 27.6. The Kier molecular flexibility index (Phi) is 19.5. The SMILES string of the molecule is COC(=O)CCC(=O)OC[C@H]1O[C@@H](O[C@@H]2/C=C/C=C\C[C@H](O)CC(=O)CC/C=C/CCC[C@@H](C)OC(=O)/C=C\C=C\C2)[C@H](O)[C@@H](O)[C@@H]1O. The van der Waals surface area contributed by atoms with Crippen molar-refractivity contribution in [3.63, 3.8) is 0 Å². The number of aliphatic hydroxyl groups excluding tert-OH is 4. The number of esters is 3. The predicted octanol–water partition coefficient (Wildman–Crippen LogP) is 2.45. The summed E-state index contributed by atoms with van der Waals surface area (Å²) in [6.45, 7) is 1.34. The summed E-state index contributed by atoms with van der Waals surface area (Å²) in [6, 6.07) is 0. The molecule has 0 unspecified atom stereocenters. The van der Waals surface area contributed by atoms with Gasteiger partial charge in [0.05, 0.1) is 38.3 Å². The first-order valence-corrected chi connectivity index (χ1v) is 16.3. The monoisotopic (exact) mass is 678 g/mol. The molecular weight excluding hydrogens is 628 g/mol. The van der Waals surface area contributed by atoms with Gasteiger partial charge in [-0.3, -0.25) is 14.4 Å². The van der Waals surface area contributed by atoms with E-state index in [1.807, 2.05) is 19.1 Å². The van der Waals surface area contributed by atoms with Crippen molar-refractivity contribution in [2.24, 2.45) is 0 Å². The molecule has 0 spiro atoms. The molecule has 2 heterocycles. The number of ketones is 1. The van der Waals surface area contributed by atoms with Crippen molar-refractivity contribution in [1.82, 2.24) is 0 Å². The van der Waals surface area contributed by atoms with Crippen LogP contribution in [0.25, 0.3) is 0 Å². The van der Waals surface area contributed by atoms with E-state index in [1.54, 1.807) is 36.5 Å². The van der Waals surface area contributed by atoms with Gasteiger partial charge in [-0.2, -0.15) is 0 Å². The van der Waals surface area contributed by atoms with E-state index in [9.17, 15) is 39.6 Å². The maximum atomic E-state index is 12.2. The summed E-state index contributed by atoms with van der Waals surface area (Å²) in [5, 5.41) is 41.8. The lowest BCUT2D eigenvalue weighted by molar-refractivity contribution is -0.307. The zero-order chi connectivity index (χ0) is 35.3. The molecule has 4 N–H and O–H groups in total. The Morgan fingerprint density at radius 3 is 2.35 bits per heavy atom. The largest absolute Gasteiger partial charge is 0.469 e.